The lowest BCUT2D eigenvalue weighted by atomic mass is 9.91. The van der Waals surface area contributed by atoms with Gasteiger partial charge in [-0.2, -0.15) is 0 Å². The van der Waals surface area contributed by atoms with Crippen molar-refractivity contribution < 1.29 is 14.7 Å². The van der Waals surface area contributed by atoms with Crippen LogP contribution < -0.4 is 0 Å². The topological polar surface area (TPSA) is 54.4 Å². The number of aliphatic carboxylic acids is 1. The van der Waals surface area contributed by atoms with Gasteiger partial charge in [0.2, 0.25) is 0 Å². The van der Waals surface area contributed by atoms with Crippen molar-refractivity contribution in [3.05, 3.63) is 64.1 Å². The van der Waals surface area contributed by atoms with Crippen LogP contribution in [0.3, 0.4) is 0 Å². The van der Waals surface area contributed by atoms with Crippen LogP contribution >= 0.6 is 11.8 Å². The summed E-state index contributed by atoms with van der Waals surface area (Å²) in [6.07, 6.45) is 6.54. The van der Waals surface area contributed by atoms with Crippen LogP contribution in [-0.4, -0.2) is 16.9 Å². The van der Waals surface area contributed by atoms with Crippen LogP contribution in [0.1, 0.15) is 35.2 Å². The molecule has 1 atom stereocenters. The maximum Gasteiger partial charge on any atom is 0.310 e. The Morgan fingerprint density at radius 1 is 1.38 bits per heavy atom. The molecule has 1 N–H and O–H groups in total. The lowest BCUT2D eigenvalue weighted by molar-refractivity contribution is -0.138. The predicted molar refractivity (Wildman–Crippen MR) is 82.6 cm³/mol. The Morgan fingerprint density at radius 2 is 2.19 bits per heavy atom. The Kier molecular flexibility index (Phi) is 3.55. The van der Waals surface area contributed by atoms with Crippen LogP contribution in [-0.2, 0) is 4.79 Å². The highest BCUT2D eigenvalue weighted by Crippen LogP contribution is 2.37. The number of allylic oxidation sites excluding steroid dienone is 5. The second-order valence-electron chi connectivity index (χ2n) is 5.12. The minimum atomic E-state index is -0.862. The number of rotatable bonds is 2. The van der Waals surface area contributed by atoms with Gasteiger partial charge in [-0.1, -0.05) is 36.1 Å². The van der Waals surface area contributed by atoms with E-state index in [0.29, 0.717) is 5.56 Å². The van der Waals surface area contributed by atoms with Gasteiger partial charge in [0.15, 0.2) is 5.78 Å². The van der Waals surface area contributed by atoms with Crippen LogP contribution in [0.15, 0.2) is 57.9 Å². The summed E-state index contributed by atoms with van der Waals surface area (Å²) in [5.74, 6) is -1.43. The number of fused-ring (bicyclic) bond motifs is 2. The standard InChI is InChI=1S/C17H14O3S/c1-10(17(19)20)11-6-7-14-15(8-11)21-9-12-4-2-3-5-13(12)16(14)18/h2-3,5-10H,4H2,1H3,(H,19,20). The smallest absolute Gasteiger partial charge is 0.310 e. The van der Waals surface area contributed by atoms with Crippen molar-refractivity contribution in [2.45, 2.75) is 24.2 Å². The van der Waals surface area contributed by atoms with Crippen LogP contribution in [0.4, 0.5) is 0 Å². The average Bonchev–Trinajstić information content (AvgIpc) is 2.64. The zero-order valence-corrected chi connectivity index (χ0v) is 12.3. The van der Waals surface area contributed by atoms with Gasteiger partial charge < -0.3 is 5.11 Å². The molecule has 2 aliphatic rings. The largest absolute Gasteiger partial charge is 0.481 e. The summed E-state index contributed by atoms with van der Waals surface area (Å²) in [5, 5.41) is 11.1. The first-order chi connectivity index (χ1) is 10.1. The SMILES string of the molecule is CC(C(=O)O)c1ccc2c(c1)SC=C1CC=CC=C1C2=O. The van der Waals surface area contributed by atoms with Gasteiger partial charge in [0.05, 0.1) is 5.92 Å². The molecule has 0 amide bonds. The fourth-order valence-electron chi connectivity index (χ4n) is 2.43. The van der Waals surface area contributed by atoms with Crippen molar-refractivity contribution in [2.24, 2.45) is 0 Å². The van der Waals surface area contributed by atoms with E-state index in [2.05, 4.69) is 0 Å². The van der Waals surface area contributed by atoms with Crippen molar-refractivity contribution in [3.63, 3.8) is 0 Å². The molecule has 1 aromatic rings. The van der Waals surface area contributed by atoms with Gasteiger partial charge >= 0.3 is 5.97 Å². The van der Waals surface area contributed by atoms with E-state index in [1.807, 2.05) is 29.7 Å². The highest BCUT2D eigenvalue weighted by Gasteiger charge is 2.24. The zero-order chi connectivity index (χ0) is 15.0. The fourth-order valence-corrected chi connectivity index (χ4v) is 3.41. The van der Waals surface area contributed by atoms with E-state index in [4.69, 9.17) is 5.11 Å². The van der Waals surface area contributed by atoms with Gasteiger partial charge in [0.25, 0.3) is 0 Å². The second kappa shape index (κ2) is 5.37. The molecule has 106 valence electrons. The number of hydrogen-bond acceptors (Lipinski definition) is 3. The van der Waals surface area contributed by atoms with E-state index in [1.54, 1.807) is 19.1 Å². The molecule has 0 radical (unpaired) electrons. The van der Waals surface area contributed by atoms with Crippen molar-refractivity contribution >= 4 is 23.5 Å². The molecule has 21 heavy (non-hydrogen) atoms. The summed E-state index contributed by atoms with van der Waals surface area (Å²) in [7, 11) is 0. The first kappa shape index (κ1) is 13.9. The van der Waals surface area contributed by atoms with E-state index >= 15 is 0 Å². The molecule has 1 aliphatic carbocycles. The van der Waals surface area contributed by atoms with Gasteiger partial charge in [-0.25, -0.2) is 0 Å². The van der Waals surface area contributed by atoms with Gasteiger partial charge in [-0.15, -0.1) is 0 Å². The Morgan fingerprint density at radius 3 is 2.95 bits per heavy atom. The summed E-state index contributed by atoms with van der Waals surface area (Å²) < 4.78 is 0. The third-order valence-electron chi connectivity index (χ3n) is 3.78. The number of hydrogen-bond donors (Lipinski definition) is 1. The van der Waals surface area contributed by atoms with E-state index in [-0.39, 0.29) is 5.78 Å². The van der Waals surface area contributed by atoms with E-state index in [0.717, 1.165) is 28.0 Å². The molecule has 0 bridgehead atoms. The monoisotopic (exact) mass is 298 g/mol. The van der Waals surface area contributed by atoms with Gasteiger partial charge in [0, 0.05) is 16.0 Å². The van der Waals surface area contributed by atoms with Gasteiger partial charge in [-0.05, 0) is 42.0 Å². The number of carbonyl (C=O) groups excluding carboxylic acids is 1. The first-order valence-corrected chi connectivity index (χ1v) is 7.60. The molecule has 1 aromatic carbocycles. The number of benzene rings is 1. The number of carboxylic acids is 1. The van der Waals surface area contributed by atoms with Crippen LogP contribution in [0, 0.1) is 0 Å². The Hall–Kier alpha value is -2.07. The van der Waals surface area contributed by atoms with E-state index in [9.17, 15) is 9.59 Å². The molecule has 3 rings (SSSR count). The van der Waals surface area contributed by atoms with Crippen molar-refractivity contribution in [3.8, 4) is 0 Å². The third-order valence-corrected chi connectivity index (χ3v) is 4.77. The maximum atomic E-state index is 12.6. The number of ketones is 1. The van der Waals surface area contributed by atoms with Gasteiger partial charge in [-0.3, -0.25) is 9.59 Å². The van der Waals surface area contributed by atoms with E-state index in [1.165, 1.54) is 11.8 Å². The van der Waals surface area contributed by atoms with Crippen molar-refractivity contribution in [2.75, 3.05) is 0 Å². The van der Waals surface area contributed by atoms with Crippen LogP contribution in [0.5, 0.6) is 0 Å². The normalized spacial score (nSPS) is 18.0. The minimum absolute atomic E-state index is 0.0140. The third kappa shape index (κ3) is 2.47. The average molecular weight is 298 g/mol. The minimum Gasteiger partial charge on any atom is -0.481 e. The molecular weight excluding hydrogens is 284 g/mol. The molecule has 3 nitrogen and oxygen atoms in total. The Bertz CT molecular complexity index is 726. The quantitative estimate of drug-likeness (QED) is 0.898. The van der Waals surface area contributed by atoms with Crippen molar-refractivity contribution in [1.82, 2.24) is 0 Å². The molecule has 0 saturated carbocycles. The van der Waals surface area contributed by atoms with E-state index < -0.39 is 11.9 Å². The Balaban J connectivity index is 2.06. The Labute approximate surface area is 127 Å². The summed E-state index contributed by atoms with van der Waals surface area (Å²) in [5.41, 5.74) is 3.13. The molecule has 4 heteroatoms. The molecule has 0 aromatic heterocycles. The molecule has 0 spiro atoms. The predicted octanol–water partition coefficient (Wildman–Crippen LogP) is 3.93. The summed E-state index contributed by atoms with van der Waals surface area (Å²) in [4.78, 5) is 24.5. The molecule has 1 aliphatic heterocycles. The highest BCUT2D eigenvalue weighted by molar-refractivity contribution is 8.02. The number of Topliss-reactive ketones (excluding diaryl/α,β-unsaturated/α-hetero) is 1. The first-order valence-electron chi connectivity index (χ1n) is 6.72. The van der Waals surface area contributed by atoms with Gasteiger partial charge in [0.1, 0.15) is 0 Å². The van der Waals surface area contributed by atoms with Crippen molar-refractivity contribution in [1.29, 1.82) is 0 Å². The zero-order valence-electron chi connectivity index (χ0n) is 11.5. The number of thioether (sulfide) groups is 1. The molecule has 0 fully saturated rings. The molecule has 1 unspecified atom stereocenters. The molecule has 0 saturated heterocycles. The molecular formula is C17H14O3S. The molecule has 1 heterocycles. The summed E-state index contributed by atoms with van der Waals surface area (Å²) in [6.45, 7) is 1.65. The lowest BCUT2D eigenvalue weighted by Gasteiger charge is -2.12. The number of carboxylic acid groups (broad SMARTS) is 1. The number of carbonyl (C=O) groups is 2. The highest BCUT2D eigenvalue weighted by atomic mass is 32.2. The second-order valence-corrected chi connectivity index (χ2v) is 6.03. The fraction of sp³-hybridized carbons (Fsp3) is 0.176. The summed E-state index contributed by atoms with van der Waals surface area (Å²) >= 11 is 1.49. The summed E-state index contributed by atoms with van der Waals surface area (Å²) in [6, 6.07) is 5.30. The maximum absolute atomic E-state index is 12.6. The van der Waals surface area contributed by atoms with Crippen LogP contribution in [0.25, 0.3) is 0 Å². The van der Waals surface area contributed by atoms with Crippen LogP contribution in [0.2, 0.25) is 0 Å². The lowest BCUT2D eigenvalue weighted by Crippen LogP contribution is -2.10.